The first kappa shape index (κ1) is 13.4. The van der Waals surface area contributed by atoms with Gasteiger partial charge in [0.25, 0.3) is 0 Å². The molecule has 1 aromatic rings. The van der Waals surface area contributed by atoms with E-state index in [1.807, 2.05) is 30.3 Å². The zero-order chi connectivity index (χ0) is 9.52. The third-order valence-electron chi connectivity index (χ3n) is 1.38. The molecule has 0 aromatic heterocycles. The molecule has 3 nitrogen and oxygen atoms in total. The van der Waals surface area contributed by atoms with E-state index in [9.17, 15) is 4.79 Å². The Balaban J connectivity index is 0.00000169. The second-order valence-corrected chi connectivity index (χ2v) is 2.31. The van der Waals surface area contributed by atoms with E-state index in [2.05, 4.69) is 9.78 Å². The molecule has 0 N–H and O–H groups in total. The predicted octanol–water partition coefficient (Wildman–Crippen LogP) is 1.16. The summed E-state index contributed by atoms with van der Waals surface area (Å²) in [6.45, 7) is 0. The zero-order valence-electron chi connectivity index (χ0n) is 7.27. The Labute approximate surface area is 105 Å². The van der Waals surface area contributed by atoms with Crippen molar-refractivity contribution in [1.29, 1.82) is 0 Å². The normalized spacial score (nSPS) is 9.50. The molecular formula is C10H11NaO3. The van der Waals surface area contributed by atoms with Crippen LogP contribution < -0.4 is 0 Å². The van der Waals surface area contributed by atoms with Gasteiger partial charge in [-0.1, -0.05) is 30.3 Å². The SMILES string of the molecule is COOC(=O)C=Cc1ccccc1.[NaH]. The van der Waals surface area contributed by atoms with Gasteiger partial charge in [-0.15, -0.1) is 0 Å². The van der Waals surface area contributed by atoms with Gasteiger partial charge in [-0.05, 0) is 11.6 Å². The summed E-state index contributed by atoms with van der Waals surface area (Å²) in [6.07, 6.45) is 2.96. The van der Waals surface area contributed by atoms with Crippen molar-refractivity contribution < 1.29 is 14.6 Å². The zero-order valence-corrected chi connectivity index (χ0v) is 7.27. The topological polar surface area (TPSA) is 35.5 Å². The van der Waals surface area contributed by atoms with Crippen LogP contribution in [0.5, 0.6) is 0 Å². The van der Waals surface area contributed by atoms with Gasteiger partial charge >= 0.3 is 35.5 Å². The summed E-state index contributed by atoms with van der Waals surface area (Å²) in [7, 11) is 1.29. The second kappa shape index (κ2) is 7.76. The third kappa shape index (κ3) is 5.19. The molecular weight excluding hydrogens is 191 g/mol. The van der Waals surface area contributed by atoms with E-state index in [-0.39, 0.29) is 29.6 Å². The van der Waals surface area contributed by atoms with Crippen LogP contribution in [0.25, 0.3) is 6.08 Å². The van der Waals surface area contributed by atoms with Crippen molar-refractivity contribution in [2.75, 3.05) is 7.11 Å². The van der Waals surface area contributed by atoms with Crippen LogP contribution in [-0.2, 0) is 14.6 Å². The molecule has 70 valence electrons. The molecule has 0 amide bonds. The van der Waals surface area contributed by atoms with Gasteiger partial charge in [0, 0.05) is 6.08 Å². The summed E-state index contributed by atoms with van der Waals surface area (Å²) in [6, 6.07) is 9.46. The second-order valence-electron chi connectivity index (χ2n) is 2.31. The van der Waals surface area contributed by atoms with Gasteiger partial charge in [0.15, 0.2) is 0 Å². The maximum atomic E-state index is 10.8. The number of hydrogen-bond donors (Lipinski definition) is 0. The fourth-order valence-corrected chi connectivity index (χ4v) is 0.838. The first-order valence-corrected chi connectivity index (χ1v) is 3.80. The Bertz CT molecular complexity index is 295. The van der Waals surface area contributed by atoms with Gasteiger partial charge in [-0.2, -0.15) is 4.89 Å². The summed E-state index contributed by atoms with van der Waals surface area (Å²) in [5, 5.41) is 0. The standard InChI is InChI=1S/C10H10O3.Na.H/c1-12-13-10(11)8-7-9-5-3-2-4-6-9;;/h2-8H,1H3;;. The summed E-state index contributed by atoms with van der Waals surface area (Å²) in [5.41, 5.74) is 0.940. The van der Waals surface area contributed by atoms with E-state index in [0.717, 1.165) is 5.56 Å². The first-order valence-electron chi connectivity index (χ1n) is 3.80. The van der Waals surface area contributed by atoms with E-state index >= 15 is 0 Å². The molecule has 0 heterocycles. The molecule has 0 aliphatic carbocycles. The molecule has 0 unspecified atom stereocenters. The van der Waals surface area contributed by atoms with E-state index in [1.165, 1.54) is 13.2 Å². The third-order valence-corrected chi connectivity index (χ3v) is 1.38. The fraction of sp³-hybridized carbons (Fsp3) is 0.100. The van der Waals surface area contributed by atoms with Gasteiger partial charge < -0.3 is 0 Å². The summed E-state index contributed by atoms with van der Waals surface area (Å²) in [4.78, 5) is 19.2. The minimum atomic E-state index is -0.522. The molecule has 0 radical (unpaired) electrons. The number of carbonyl (C=O) groups excluding carboxylic acids is 1. The van der Waals surface area contributed by atoms with Crippen LogP contribution in [0, 0.1) is 0 Å². The molecule has 0 aliphatic heterocycles. The number of carbonyl (C=O) groups is 1. The molecule has 0 saturated heterocycles. The van der Waals surface area contributed by atoms with Crippen LogP contribution in [0.1, 0.15) is 5.56 Å². The first-order chi connectivity index (χ1) is 6.33. The van der Waals surface area contributed by atoms with Crippen molar-refractivity contribution in [2.24, 2.45) is 0 Å². The number of rotatable bonds is 3. The van der Waals surface area contributed by atoms with Gasteiger partial charge in [-0.3, -0.25) is 4.89 Å². The van der Waals surface area contributed by atoms with Crippen LogP contribution in [0.4, 0.5) is 0 Å². The van der Waals surface area contributed by atoms with Gasteiger partial charge in [0.05, 0.1) is 7.11 Å². The molecule has 14 heavy (non-hydrogen) atoms. The molecule has 4 heteroatoms. The van der Waals surface area contributed by atoms with Crippen molar-refractivity contribution in [1.82, 2.24) is 0 Å². The molecule has 0 saturated carbocycles. The Morgan fingerprint density at radius 1 is 1.29 bits per heavy atom. The minimum absolute atomic E-state index is 0. The summed E-state index contributed by atoms with van der Waals surface area (Å²) >= 11 is 0. The Morgan fingerprint density at radius 3 is 2.50 bits per heavy atom. The molecule has 0 atom stereocenters. The van der Waals surface area contributed by atoms with E-state index in [1.54, 1.807) is 6.08 Å². The Kier molecular flexibility index (Phi) is 7.42. The van der Waals surface area contributed by atoms with E-state index < -0.39 is 5.97 Å². The monoisotopic (exact) mass is 202 g/mol. The molecule has 1 aromatic carbocycles. The summed E-state index contributed by atoms with van der Waals surface area (Å²) < 4.78 is 0. The average molecular weight is 202 g/mol. The maximum absolute atomic E-state index is 10.8. The molecule has 0 fully saturated rings. The van der Waals surface area contributed by atoms with Crippen molar-refractivity contribution in [3.63, 3.8) is 0 Å². The van der Waals surface area contributed by atoms with Crippen LogP contribution in [-0.4, -0.2) is 42.6 Å². The van der Waals surface area contributed by atoms with Crippen molar-refractivity contribution in [2.45, 2.75) is 0 Å². The van der Waals surface area contributed by atoms with E-state index in [0.29, 0.717) is 0 Å². The summed E-state index contributed by atoms with van der Waals surface area (Å²) in [5.74, 6) is -0.522. The Hall–Kier alpha value is -0.610. The fourth-order valence-electron chi connectivity index (χ4n) is 0.838. The number of benzene rings is 1. The Morgan fingerprint density at radius 2 is 1.93 bits per heavy atom. The molecule has 1 rings (SSSR count). The number of hydrogen-bond acceptors (Lipinski definition) is 3. The quantitative estimate of drug-likeness (QED) is 0.319. The van der Waals surface area contributed by atoms with Crippen molar-refractivity contribution in [3.05, 3.63) is 42.0 Å². The van der Waals surface area contributed by atoms with Crippen LogP contribution in [0.3, 0.4) is 0 Å². The van der Waals surface area contributed by atoms with Gasteiger partial charge in [0.1, 0.15) is 0 Å². The molecule has 0 bridgehead atoms. The molecule has 0 aliphatic rings. The van der Waals surface area contributed by atoms with Crippen molar-refractivity contribution in [3.8, 4) is 0 Å². The van der Waals surface area contributed by atoms with E-state index in [4.69, 9.17) is 0 Å². The van der Waals surface area contributed by atoms with Crippen molar-refractivity contribution >= 4 is 41.6 Å². The van der Waals surface area contributed by atoms with Gasteiger partial charge in [0.2, 0.25) is 0 Å². The van der Waals surface area contributed by atoms with Crippen LogP contribution in [0.2, 0.25) is 0 Å². The van der Waals surface area contributed by atoms with Gasteiger partial charge in [-0.25, -0.2) is 4.79 Å². The van der Waals surface area contributed by atoms with Crippen LogP contribution >= 0.6 is 0 Å². The molecule has 0 spiro atoms. The van der Waals surface area contributed by atoms with Crippen LogP contribution in [0.15, 0.2) is 36.4 Å². The average Bonchev–Trinajstić information content (AvgIpc) is 2.17. The predicted molar refractivity (Wildman–Crippen MR) is 55.7 cm³/mol.